The Labute approximate surface area is 715 Å². The lowest BCUT2D eigenvalue weighted by Crippen LogP contribution is -2.63. The predicted molar refractivity (Wildman–Crippen MR) is 436 cm³/mol. The molecule has 3 aromatic rings. The standard InChI is InChI=1S/C73H111N23O25S2/c1-32(2)18-41(68(115)96-57(34(5)97)71(118)92-46(23-53(77)101)65(112)87-44(21-38-27-80-31-82-38)63(110)94-50(29-123)73(120)121)85-62(109)43(20-37-26-79-30-81-37)88-69(116)49(28-122)93-72(119)58(35(6)98)95-60(107)39(14-10-11-17-74)83-66(113)47(24-54(102)103)90-59(106)40(15-16-51(75)99)84-61(108)42(19-36-12-8-7-9-13-36)86-64(111)45(22-52(76)100)89-67(114)48(25-55(104)105)91-70(117)56(78)33(3)4/h7-9,12-13,26-27,30-35,39-50,56-58,97-98,122-123H,10-11,14-25,28-29,74,78H2,1-6H3,(H2,75,99)(H2,76,100)(H2,77,101)(H,79,81)(H,80,82)(H,83,113)(H,84,108)(H,85,109)(H,86,111)(H,87,112)(H,88,116)(H,89,114)(H,90,106)(H,91,117)(H,92,118)(H,93,119)(H,94,110)(H,95,107)(H,96,115)(H,102,103)(H,104,105)(H,120,121)/t34-,35-,39+,40+,41+,42+,43+,44+,45+,46+,47+,48+,49+,50+,56+,57+,58+/m1/s1. The number of hydrogen-bond acceptors (Lipinski definition) is 28. The Morgan fingerprint density at radius 3 is 1.09 bits per heavy atom. The third-order valence-electron chi connectivity index (χ3n) is 18.2. The molecule has 48 nitrogen and oxygen atoms in total. The minimum absolute atomic E-state index is 0.0200. The normalized spacial score (nSPS) is 15.3. The van der Waals surface area contributed by atoms with Gasteiger partial charge in [-0.1, -0.05) is 58.0 Å². The summed E-state index contributed by atoms with van der Waals surface area (Å²) in [5.41, 5.74) is 28.6. The van der Waals surface area contributed by atoms with Gasteiger partial charge in [-0.15, -0.1) is 0 Å². The molecule has 1 aromatic carbocycles. The molecule has 0 aliphatic rings. The van der Waals surface area contributed by atoms with E-state index in [0.29, 0.717) is 5.56 Å². The van der Waals surface area contributed by atoms with Crippen LogP contribution < -0.4 is 103 Å². The maximum absolute atomic E-state index is 14.5. The van der Waals surface area contributed by atoms with Gasteiger partial charge in [0.1, 0.15) is 84.6 Å². The van der Waals surface area contributed by atoms with Gasteiger partial charge >= 0.3 is 17.9 Å². The molecule has 680 valence electrons. The lowest BCUT2D eigenvalue weighted by atomic mass is 10.0. The summed E-state index contributed by atoms with van der Waals surface area (Å²) in [4.78, 5) is 284. The van der Waals surface area contributed by atoms with E-state index < -0.39 is 290 Å². The number of aromatic nitrogens is 4. The number of hydrogen-bond donors (Lipinski definition) is 28. The number of nitrogens with zero attached hydrogens (tertiary/aromatic N) is 2. The summed E-state index contributed by atoms with van der Waals surface area (Å²) in [5, 5.41) is 83.3. The molecule has 50 heteroatoms. The van der Waals surface area contributed by atoms with Crippen LogP contribution in [-0.4, -0.2) is 285 Å². The highest BCUT2D eigenvalue weighted by Crippen LogP contribution is 2.15. The van der Waals surface area contributed by atoms with Crippen molar-refractivity contribution in [2.75, 3.05) is 18.1 Å². The smallest absolute Gasteiger partial charge is 0.327 e. The number of rotatable bonds is 57. The van der Waals surface area contributed by atoms with Crippen LogP contribution in [0.2, 0.25) is 0 Å². The van der Waals surface area contributed by atoms with Crippen LogP contribution in [0, 0.1) is 11.8 Å². The van der Waals surface area contributed by atoms with Crippen molar-refractivity contribution in [2.24, 2.45) is 40.5 Å². The molecule has 2 aromatic heterocycles. The van der Waals surface area contributed by atoms with Crippen LogP contribution in [0.15, 0.2) is 55.4 Å². The molecule has 2 heterocycles. The van der Waals surface area contributed by atoms with E-state index in [0.717, 1.165) is 13.8 Å². The maximum atomic E-state index is 14.5. The number of primary amides is 3. The number of unbranched alkanes of at least 4 members (excludes halogenated alkanes) is 1. The van der Waals surface area contributed by atoms with Crippen molar-refractivity contribution in [3.8, 4) is 0 Å². The molecular weight excluding hydrogens is 1660 g/mol. The van der Waals surface area contributed by atoms with Crippen molar-refractivity contribution in [3.63, 3.8) is 0 Å². The molecule has 0 radical (unpaired) electrons. The molecule has 123 heavy (non-hydrogen) atoms. The van der Waals surface area contributed by atoms with Crippen LogP contribution in [0.25, 0.3) is 0 Å². The van der Waals surface area contributed by atoms with Gasteiger partial charge < -0.3 is 139 Å². The number of carboxylic acid groups (broad SMARTS) is 3. The predicted octanol–water partition coefficient (Wildman–Crippen LogP) is -10.2. The van der Waals surface area contributed by atoms with E-state index in [1.54, 1.807) is 33.8 Å². The lowest BCUT2D eigenvalue weighted by Gasteiger charge is -2.29. The van der Waals surface area contributed by atoms with E-state index >= 15 is 0 Å². The fraction of sp³-hybridized carbons (Fsp3) is 0.562. The molecule has 0 aliphatic carbocycles. The van der Waals surface area contributed by atoms with Gasteiger partial charge in [0.2, 0.25) is 100 Å². The van der Waals surface area contributed by atoms with Gasteiger partial charge in [0.25, 0.3) is 0 Å². The number of thiol groups is 2. The van der Waals surface area contributed by atoms with Gasteiger partial charge in [0.05, 0.1) is 68.0 Å². The molecule has 0 saturated heterocycles. The van der Waals surface area contributed by atoms with Gasteiger partial charge in [-0.3, -0.25) is 91.1 Å². The van der Waals surface area contributed by atoms with Crippen LogP contribution in [0.3, 0.4) is 0 Å². The molecule has 3 rings (SSSR count). The Kier molecular flexibility index (Phi) is 44.9. The average Bonchev–Trinajstić information content (AvgIpc) is 1.77. The van der Waals surface area contributed by atoms with Gasteiger partial charge in [0, 0.05) is 49.6 Å². The van der Waals surface area contributed by atoms with Crippen molar-refractivity contribution in [2.45, 2.75) is 228 Å². The summed E-state index contributed by atoms with van der Waals surface area (Å²) in [5.74, 6) is -27.2. The number of carboxylic acids is 3. The number of nitrogens with one attached hydrogen (secondary N) is 16. The number of nitrogens with two attached hydrogens (primary N) is 5. The van der Waals surface area contributed by atoms with Crippen LogP contribution >= 0.6 is 25.3 Å². The first kappa shape index (κ1) is 105. The molecule has 0 aliphatic heterocycles. The van der Waals surface area contributed by atoms with Crippen molar-refractivity contribution in [1.29, 1.82) is 0 Å². The quantitative estimate of drug-likeness (QED) is 0.0184. The summed E-state index contributed by atoms with van der Waals surface area (Å²) in [6.45, 7) is 8.50. The van der Waals surface area contributed by atoms with Gasteiger partial charge in [0.15, 0.2) is 0 Å². The third-order valence-corrected chi connectivity index (χ3v) is 18.9. The number of carbonyl (C=O) groups is 20. The number of benzene rings is 1. The Morgan fingerprint density at radius 2 is 0.724 bits per heavy atom. The van der Waals surface area contributed by atoms with Gasteiger partial charge in [-0.2, -0.15) is 25.3 Å². The fourth-order valence-corrected chi connectivity index (χ4v) is 12.1. The monoisotopic (exact) mass is 1770 g/mol. The highest BCUT2D eigenvalue weighted by Gasteiger charge is 2.41. The molecular formula is C73H111N23O25S2. The number of carbonyl (C=O) groups excluding carboxylic acids is 17. The summed E-state index contributed by atoms with van der Waals surface area (Å²) in [6.07, 6.45) is -5.64. The molecule has 17 amide bonds. The Bertz CT molecular complexity index is 4150. The molecule has 0 spiro atoms. The number of aromatic amines is 2. The van der Waals surface area contributed by atoms with Crippen LogP contribution in [0.1, 0.15) is 123 Å². The first-order valence-corrected chi connectivity index (χ1v) is 39.9. The minimum atomic E-state index is -2.17. The number of aliphatic carboxylic acids is 3. The first-order valence-electron chi connectivity index (χ1n) is 38.6. The second-order valence-electron chi connectivity index (χ2n) is 29.3. The highest BCUT2D eigenvalue weighted by atomic mass is 32.1. The Hall–Kier alpha value is -12.4. The first-order chi connectivity index (χ1) is 57.8. The zero-order valence-electron chi connectivity index (χ0n) is 68.1. The molecule has 0 bridgehead atoms. The maximum Gasteiger partial charge on any atom is 0.327 e. The second-order valence-corrected chi connectivity index (χ2v) is 30.1. The molecule has 0 fully saturated rings. The minimum Gasteiger partial charge on any atom is -0.481 e. The van der Waals surface area contributed by atoms with Crippen LogP contribution in [0.4, 0.5) is 0 Å². The SMILES string of the molecule is CC(C)C[C@H](NC(=O)[C@H](Cc1c[nH]cn1)NC(=O)[C@H](CS)NC(=O)[C@@H](NC(=O)[C@H](CCCCN)NC(=O)[C@H](CC(=O)O)NC(=O)[C@H](CCC(N)=O)NC(=O)[C@H](Cc1ccccc1)NC(=O)[C@H](CC(N)=O)NC(=O)[C@H](CC(=O)O)NC(=O)[C@@H](N)C(C)C)[C@@H](C)O)C(=O)N[C@H](C(=O)N[C@@H](CC(N)=O)C(=O)N[C@@H](Cc1c[nH]cn1)C(=O)N[C@@H](CS)C(=O)O)[C@@H](C)O. The number of aliphatic hydroxyl groups excluding tert-OH is 2. The van der Waals surface area contributed by atoms with Crippen LogP contribution in [-0.2, 0) is 115 Å². The Morgan fingerprint density at radius 1 is 0.390 bits per heavy atom. The van der Waals surface area contributed by atoms with Gasteiger partial charge in [-0.25, -0.2) is 14.8 Å². The summed E-state index contributed by atoms with van der Waals surface area (Å²) < 4.78 is 0. The summed E-state index contributed by atoms with van der Waals surface area (Å²) in [7, 11) is 0. The second kappa shape index (κ2) is 52.7. The number of aliphatic hydroxyl groups is 2. The van der Waals surface area contributed by atoms with E-state index in [-0.39, 0.29) is 55.8 Å². The average molecular weight is 1770 g/mol. The van der Waals surface area contributed by atoms with Crippen molar-refractivity contribution < 1.29 is 121 Å². The number of imidazole rings is 2. The van der Waals surface area contributed by atoms with E-state index in [1.807, 2.05) is 0 Å². The molecule has 0 saturated carbocycles. The number of H-pyrrole nitrogens is 2. The molecule has 0 unspecified atom stereocenters. The topological polar surface area (TPSA) is 798 Å². The lowest BCUT2D eigenvalue weighted by molar-refractivity contribution is -0.142. The van der Waals surface area contributed by atoms with E-state index in [2.05, 4.69) is 120 Å². The van der Waals surface area contributed by atoms with Gasteiger partial charge in [-0.05, 0) is 69.9 Å². The molecule has 31 N–H and O–H groups in total. The third kappa shape index (κ3) is 37.6. The van der Waals surface area contributed by atoms with Crippen molar-refractivity contribution in [3.05, 3.63) is 72.3 Å². The van der Waals surface area contributed by atoms with Crippen molar-refractivity contribution in [1.82, 2.24) is 94.4 Å². The zero-order valence-corrected chi connectivity index (χ0v) is 69.8. The van der Waals surface area contributed by atoms with Crippen LogP contribution in [0.5, 0.6) is 0 Å². The summed E-state index contributed by atoms with van der Waals surface area (Å²) in [6, 6.07) is -19.3. The molecule has 17 atom stereocenters. The zero-order chi connectivity index (χ0) is 92.7. The fourth-order valence-electron chi connectivity index (χ4n) is 11.6. The van der Waals surface area contributed by atoms with Crippen molar-refractivity contribution >= 4 is 144 Å². The largest absolute Gasteiger partial charge is 0.481 e. The summed E-state index contributed by atoms with van der Waals surface area (Å²) >= 11 is 8.17. The Balaban J connectivity index is 1.94. The number of amides is 17. The van der Waals surface area contributed by atoms with E-state index in [1.165, 1.54) is 49.3 Å². The van der Waals surface area contributed by atoms with E-state index in [4.69, 9.17) is 28.7 Å². The highest BCUT2D eigenvalue weighted by molar-refractivity contribution is 7.80. The van der Waals surface area contributed by atoms with E-state index in [9.17, 15) is 121 Å².